The highest BCUT2D eigenvalue weighted by atomic mass is 16.5. The highest BCUT2D eigenvalue weighted by Gasteiger charge is 2.27. The van der Waals surface area contributed by atoms with Gasteiger partial charge in [-0.2, -0.15) is 0 Å². The van der Waals surface area contributed by atoms with Crippen molar-refractivity contribution in [3.05, 3.63) is 64.0 Å². The maximum atomic E-state index is 12.5. The summed E-state index contributed by atoms with van der Waals surface area (Å²) in [4.78, 5) is 24.5. The number of benzene rings is 2. The molecule has 3 rings (SSSR count). The van der Waals surface area contributed by atoms with Crippen LogP contribution in [-0.2, 0) is 9.53 Å². The molecule has 1 heterocycles. The molecule has 3 aromatic rings. The van der Waals surface area contributed by atoms with E-state index in [1.54, 1.807) is 30.3 Å². The third-order valence-corrected chi connectivity index (χ3v) is 4.32. The minimum Gasteiger partial charge on any atom is -0.504 e. The zero-order chi connectivity index (χ0) is 19.6. The van der Waals surface area contributed by atoms with Gasteiger partial charge < -0.3 is 24.1 Å². The molecule has 0 saturated heterocycles. The van der Waals surface area contributed by atoms with Crippen LogP contribution in [0.4, 0.5) is 0 Å². The second-order valence-corrected chi connectivity index (χ2v) is 5.90. The Balaban J connectivity index is 2.22. The number of hydrogen-bond acceptors (Lipinski definition) is 7. The van der Waals surface area contributed by atoms with E-state index >= 15 is 0 Å². The Labute approximate surface area is 154 Å². The topological polar surface area (TPSA) is 106 Å². The van der Waals surface area contributed by atoms with Gasteiger partial charge in [0.25, 0.3) is 0 Å². The zero-order valence-corrected chi connectivity index (χ0v) is 14.8. The fraction of sp³-hybridized carbons (Fsp3) is 0.200. The van der Waals surface area contributed by atoms with Crippen LogP contribution < -0.4 is 10.2 Å². The van der Waals surface area contributed by atoms with Gasteiger partial charge in [-0.25, -0.2) is 0 Å². The Morgan fingerprint density at radius 3 is 2.59 bits per heavy atom. The number of carbonyl (C=O) groups excluding carboxylic acids is 1. The maximum absolute atomic E-state index is 12.5. The van der Waals surface area contributed by atoms with Gasteiger partial charge >= 0.3 is 5.97 Å². The van der Waals surface area contributed by atoms with Crippen molar-refractivity contribution in [2.45, 2.75) is 12.3 Å². The molecule has 0 amide bonds. The largest absolute Gasteiger partial charge is 0.504 e. The molecule has 1 atom stereocenters. The molecule has 7 nitrogen and oxygen atoms in total. The summed E-state index contributed by atoms with van der Waals surface area (Å²) >= 11 is 0. The Morgan fingerprint density at radius 2 is 1.89 bits per heavy atom. The van der Waals surface area contributed by atoms with Gasteiger partial charge in [-0.3, -0.25) is 9.59 Å². The molecular weight excluding hydrogens is 352 g/mol. The summed E-state index contributed by atoms with van der Waals surface area (Å²) in [5.41, 5.74) is 0.201. The number of para-hydroxylation sites is 1. The highest BCUT2D eigenvalue weighted by molar-refractivity contribution is 5.78. The lowest BCUT2D eigenvalue weighted by molar-refractivity contribution is -0.140. The average molecular weight is 370 g/mol. The second kappa shape index (κ2) is 7.41. The number of fused-ring (bicyclic) bond motifs is 1. The third-order valence-electron chi connectivity index (χ3n) is 4.32. The molecule has 7 heteroatoms. The Morgan fingerprint density at radius 1 is 1.15 bits per heavy atom. The number of hydrogen-bond donors (Lipinski definition) is 2. The average Bonchev–Trinajstić information content (AvgIpc) is 2.69. The predicted molar refractivity (Wildman–Crippen MR) is 97.3 cm³/mol. The summed E-state index contributed by atoms with van der Waals surface area (Å²) in [5.74, 6) is -1.90. The quantitative estimate of drug-likeness (QED) is 0.665. The number of phenols is 1. The van der Waals surface area contributed by atoms with Crippen LogP contribution >= 0.6 is 0 Å². The molecule has 0 radical (unpaired) electrons. The van der Waals surface area contributed by atoms with Gasteiger partial charge in [-0.15, -0.1) is 0 Å². The first-order chi connectivity index (χ1) is 13.0. The monoisotopic (exact) mass is 370 g/mol. The normalized spacial score (nSPS) is 11.9. The van der Waals surface area contributed by atoms with Crippen LogP contribution in [0.25, 0.3) is 11.0 Å². The van der Waals surface area contributed by atoms with E-state index < -0.39 is 23.1 Å². The van der Waals surface area contributed by atoms with Crippen molar-refractivity contribution in [1.29, 1.82) is 0 Å². The highest BCUT2D eigenvalue weighted by Crippen LogP contribution is 2.38. The first-order valence-corrected chi connectivity index (χ1v) is 8.14. The fourth-order valence-electron chi connectivity index (χ4n) is 2.91. The number of phenolic OH excluding ortho intramolecular Hbond substituents is 1. The molecule has 2 N–H and O–H groups in total. The van der Waals surface area contributed by atoms with Crippen LogP contribution in [0.3, 0.4) is 0 Å². The van der Waals surface area contributed by atoms with E-state index in [1.807, 2.05) is 0 Å². The van der Waals surface area contributed by atoms with Crippen molar-refractivity contribution in [2.24, 2.45) is 0 Å². The minimum absolute atomic E-state index is 0.0585. The Bertz CT molecular complexity index is 1050. The molecule has 0 spiro atoms. The molecule has 0 bridgehead atoms. The first kappa shape index (κ1) is 18.3. The van der Waals surface area contributed by atoms with Crippen molar-refractivity contribution in [1.82, 2.24) is 0 Å². The lowest BCUT2D eigenvalue weighted by Crippen LogP contribution is -2.13. The van der Waals surface area contributed by atoms with Crippen molar-refractivity contribution in [3.8, 4) is 17.2 Å². The molecule has 0 aliphatic carbocycles. The van der Waals surface area contributed by atoms with Crippen LogP contribution in [0.15, 0.2) is 51.7 Å². The number of ether oxygens (including phenoxy) is 2. The molecule has 0 aliphatic rings. The SMILES string of the molecule is COC(=O)CC(c1ccc(O)c(OC)c1)c1oc2ccccc2c(=O)c1O. The van der Waals surface area contributed by atoms with Crippen molar-refractivity contribution < 1.29 is 28.9 Å². The van der Waals surface area contributed by atoms with Gasteiger partial charge in [0.1, 0.15) is 5.58 Å². The van der Waals surface area contributed by atoms with Gasteiger partial charge in [0, 0.05) is 0 Å². The third kappa shape index (κ3) is 3.44. The van der Waals surface area contributed by atoms with E-state index in [9.17, 15) is 19.8 Å². The zero-order valence-electron chi connectivity index (χ0n) is 14.8. The van der Waals surface area contributed by atoms with E-state index in [4.69, 9.17) is 13.9 Å². The molecule has 2 aromatic carbocycles. The lowest BCUT2D eigenvalue weighted by Gasteiger charge is -2.18. The van der Waals surface area contributed by atoms with E-state index in [1.165, 1.54) is 26.4 Å². The van der Waals surface area contributed by atoms with Gasteiger partial charge in [-0.1, -0.05) is 18.2 Å². The molecule has 1 aromatic heterocycles. The van der Waals surface area contributed by atoms with Gasteiger partial charge in [0.15, 0.2) is 17.3 Å². The van der Waals surface area contributed by atoms with Crippen molar-refractivity contribution >= 4 is 16.9 Å². The summed E-state index contributed by atoms with van der Waals surface area (Å²) in [6.45, 7) is 0. The van der Waals surface area contributed by atoms with E-state index in [0.717, 1.165) is 0 Å². The Kier molecular flexibility index (Phi) is 5.03. The maximum Gasteiger partial charge on any atom is 0.306 e. The molecule has 27 heavy (non-hydrogen) atoms. The molecule has 0 saturated carbocycles. The Hall–Kier alpha value is -3.48. The predicted octanol–water partition coefficient (Wildman–Crippen LogP) is 2.91. The molecule has 140 valence electrons. The smallest absolute Gasteiger partial charge is 0.306 e. The summed E-state index contributed by atoms with van der Waals surface area (Å²) in [5, 5.41) is 20.5. The van der Waals surface area contributed by atoms with E-state index in [-0.39, 0.29) is 34.6 Å². The summed E-state index contributed by atoms with van der Waals surface area (Å²) in [6, 6.07) is 11.0. The second-order valence-electron chi connectivity index (χ2n) is 5.90. The van der Waals surface area contributed by atoms with Crippen LogP contribution in [0.1, 0.15) is 23.7 Å². The standard InChI is InChI=1S/C20H18O7/c1-25-16-9-11(7-8-14(16)21)13(10-17(22)26-2)20-19(24)18(23)12-5-3-4-6-15(12)27-20/h3-9,13,21,24H,10H2,1-2H3. The summed E-state index contributed by atoms with van der Waals surface area (Å²) < 4.78 is 15.6. The van der Waals surface area contributed by atoms with E-state index in [0.29, 0.717) is 5.56 Å². The van der Waals surface area contributed by atoms with Crippen LogP contribution in [0.5, 0.6) is 17.2 Å². The molecular formula is C20H18O7. The number of esters is 1. The van der Waals surface area contributed by atoms with Gasteiger partial charge in [0.05, 0.1) is 31.9 Å². The van der Waals surface area contributed by atoms with Crippen LogP contribution in [0.2, 0.25) is 0 Å². The van der Waals surface area contributed by atoms with Crippen molar-refractivity contribution in [3.63, 3.8) is 0 Å². The van der Waals surface area contributed by atoms with Crippen molar-refractivity contribution in [2.75, 3.05) is 14.2 Å². The molecule has 1 unspecified atom stereocenters. The number of carbonyl (C=O) groups is 1. The van der Waals surface area contributed by atoms with Crippen LogP contribution in [0, 0.1) is 0 Å². The number of rotatable bonds is 5. The van der Waals surface area contributed by atoms with E-state index in [2.05, 4.69) is 0 Å². The lowest BCUT2D eigenvalue weighted by atomic mass is 9.91. The fourth-order valence-corrected chi connectivity index (χ4v) is 2.91. The number of methoxy groups -OCH3 is 2. The number of aromatic hydroxyl groups is 2. The minimum atomic E-state index is -0.816. The van der Waals surface area contributed by atoms with Crippen LogP contribution in [-0.4, -0.2) is 30.4 Å². The van der Waals surface area contributed by atoms with Gasteiger partial charge in [-0.05, 0) is 29.8 Å². The summed E-state index contributed by atoms with van der Waals surface area (Å²) in [7, 11) is 2.63. The summed E-state index contributed by atoms with van der Waals surface area (Å²) in [6.07, 6.45) is -0.181. The van der Waals surface area contributed by atoms with Gasteiger partial charge in [0.2, 0.25) is 11.2 Å². The molecule has 0 aliphatic heterocycles. The molecule has 0 fully saturated rings. The first-order valence-electron chi connectivity index (χ1n) is 8.14.